The maximum atomic E-state index is 12.0. The summed E-state index contributed by atoms with van der Waals surface area (Å²) >= 11 is 1.72. The third-order valence-corrected chi connectivity index (χ3v) is 3.69. The summed E-state index contributed by atoms with van der Waals surface area (Å²) in [6.07, 6.45) is 2.01. The molecule has 0 bridgehead atoms. The molecule has 1 unspecified atom stereocenters. The van der Waals surface area contributed by atoms with E-state index < -0.39 is 4.92 Å². The van der Waals surface area contributed by atoms with E-state index in [-0.39, 0.29) is 11.6 Å². The number of anilines is 1. The van der Waals surface area contributed by atoms with Gasteiger partial charge in [0.15, 0.2) is 0 Å². The van der Waals surface area contributed by atoms with Crippen molar-refractivity contribution in [2.24, 2.45) is 5.92 Å². The molecule has 0 saturated heterocycles. The number of nitro groups is 1. The van der Waals surface area contributed by atoms with Crippen LogP contribution in [0.15, 0.2) is 18.2 Å². The minimum Gasteiger partial charge on any atom is -0.383 e. The van der Waals surface area contributed by atoms with E-state index in [9.17, 15) is 14.9 Å². The highest BCUT2D eigenvalue weighted by Crippen LogP contribution is 2.24. The van der Waals surface area contributed by atoms with E-state index >= 15 is 0 Å². The second-order valence-corrected chi connectivity index (χ2v) is 5.42. The molecule has 0 saturated carbocycles. The Balaban J connectivity index is 2.78. The number of benzene rings is 1. The normalized spacial score (nSPS) is 11.8. The number of carbonyl (C=O) groups is 1. The SMILES string of the molecule is CNc1ccc(C(=O)NCC(C)CSC)cc1[N+](=O)[O-]. The molecule has 0 fully saturated rings. The average Bonchev–Trinajstić information content (AvgIpc) is 2.44. The number of nitrogens with zero attached hydrogens (tertiary/aromatic N) is 1. The van der Waals surface area contributed by atoms with Crippen molar-refractivity contribution in [1.29, 1.82) is 0 Å². The van der Waals surface area contributed by atoms with Gasteiger partial charge >= 0.3 is 0 Å². The zero-order valence-corrected chi connectivity index (χ0v) is 12.6. The van der Waals surface area contributed by atoms with Crippen molar-refractivity contribution in [3.05, 3.63) is 33.9 Å². The van der Waals surface area contributed by atoms with Crippen LogP contribution in [0.3, 0.4) is 0 Å². The molecule has 0 aromatic heterocycles. The standard InChI is InChI=1S/C13H19N3O3S/c1-9(8-20-3)7-15-13(17)10-4-5-11(14-2)12(6-10)16(18)19/h4-6,9,14H,7-8H2,1-3H3,(H,15,17). The van der Waals surface area contributed by atoms with E-state index in [0.717, 1.165) is 5.75 Å². The molecule has 6 nitrogen and oxygen atoms in total. The molecule has 0 radical (unpaired) electrons. The monoisotopic (exact) mass is 297 g/mol. The first-order chi connectivity index (χ1) is 9.49. The van der Waals surface area contributed by atoms with E-state index in [1.165, 1.54) is 6.07 Å². The van der Waals surface area contributed by atoms with Gasteiger partial charge in [-0.1, -0.05) is 6.92 Å². The molecule has 0 spiro atoms. The summed E-state index contributed by atoms with van der Waals surface area (Å²) in [4.78, 5) is 22.4. The van der Waals surface area contributed by atoms with Crippen molar-refractivity contribution in [1.82, 2.24) is 5.32 Å². The fraction of sp³-hybridized carbons (Fsp3) is 0.462. The van der Waals surface area contributed by atoms with Crippen molar-refractivity contribution < 1.29 is 9.72 Å². The summed E-state index contributed by atoms with van der Waals surface area (Å²) in [5.74, 6) is 1.03. The lowest BCUT2D eigenvalue weighted by atomic mass is 10.1. The van der Waals surface area contributed by atoms with Crippen molar-refractivity contribution in [3.8, 4) is 0 Å². The first kappa shape index (κ1) is 16.3. The smallest absolute Gasteiger partial charge is 0.293 e. The van der Waals surface area contributed by atoms with Crippen LogP contribution in [0, 0.1) is 16.0 Å². The van der Waals surface area contributed by atoms with Crippen LogP contribution in [-0.2, 0) is 0 Å². The molecule has 2 N–H and O–H groups in total. The van der Waals surface area contributed by atoms with Gasteiger partial charge < -0.3 is 10.6 Å². The Morgan fingerprint density at radius 3 is 2.75 bits per heavy atom. The van der Waals surface area contributed by atoms with E-state index in [2.05, 4.69) is 10.6 Å². The summed E-state index contributed by atoms with van der Waals surface area (Å²) in [6.45, 7) is 2.60. The summed E-state index contributed by atoms with van der Waals surface area (Å²) in [6, 6.07) is 4.41. The second kappa shape index (κ2) is 7.74. The summed E-state index contributed by atoms with van der Waals surface area (Å²) < 4.78 is 0. The average molecular weight is 297 g/mol. The molecule has 7 heteroatoms. The van der Waals surface area contributed by atoms with Gasteiger partial charge in [-0.05, 0) is 30.1 Å². The molecule has 1 amide bonds. The number of hydrogen-bond donors (Lipinski definition) is 2. The second-order valence-electron chi connectivity index (χ2n) is 4.51. The molecule has 20 heavy (non-hydrogen) atoms. The van der Waals surface area contributed by atoms with E-state index in [1.54, 1.807) is 30.9 Å². The van der Waals surface area contributed by atoms with Crippen LogP contribution in [0.4, 0.5) is 11.4 Å². The number of thioether (sulfide) groups is 1. The number of nitro benzene ring substituents is 1. The fourth-order valence-corrected chi connectivity index (χ4v) is 2.43. The van der Waals surface area contributed by atoms with Gasteiger partial charge in [-0.25, -0.2) is 0 Å². The largest absolute Gasteiger partial charge is 0.383 e. The van der Waals surface area contributed by atoms with Crippen molar-refractivity contribution in [2.45, 2.75) is 6.92 Å². The Morgan fingerprint density at radius 2 is 2.20 bits per heavy atom. The molecule has 1 rings (SSSR count). The zero-order chi connectivity index (χ0) is 15.1. The highest BCUT2D eigenvalue weighted by atomic mass is 32.2. The van der Waals surface area contributed by atoms with Gasteiger partial charge in [0.2, 0.25) is 0 Å². The van der Waals surface area contributed by atoms with E-state index in [0.29, 0.717) is 23.7 Å². The van der Waals surface area contributed by atoms with Crippen LogP contribution in [0.1, 0.15) is 17.3 Å². The molecule has 0 aliphatic carbocycles. The number of carbonyl (C=O) groups excluding carboxylic acids is 1. The Hall–Kier alpha value is -1.76. The molecule has 0 aliphatic rings. The Labute approximate surface area is 122 Å². The maximum absolute atomic E-state index is 12.0. The molecule has 1 aromatic rings. The highest BCUT2D eigenvalue weighted by molar-refractivity contribution is 7.98. The minimum atomic E-state index is -0.501. The van der Waals surface area contributed by atoms with Crippen LogP contribution in [0.5, 0.6) is 0 Å². The number of amides is 1. The van der Waals surface area contributed by atoms with Crippen LogP contribution < -0.4 is 10.6 Å². The highest BCUT2D eigenvalue weighted by Gasteiger charge is 2.16. The lowest BCUT2D eigenvalue weighted by Gasteiger charge is -2.11. The topological polar surface area (TPSA) is 84.3 Å². The predicted molar refractivity (Wildman–Crippen MR) is 82.5 cm³/mol. The van der Waals surface area contributed by atoms with Gasteiger partial charge in [-0.2, -0.15) is 11.8 Å². The van der Waals surface area contributed by atoms with Crippen LogP contribution in [-0.4, -0.2) is 36.4 Å². The first-order valence-electron chi connectivity index (χ1n) is 6.23. The van der Waals surface area contributed by atoms with Gasteiger partial charge in [-0.15, -0.1) is 0 Å². The molecule has 1 aromatic carbocycles. The molecule has 0 heterocycles. The van der Waals surface area contributed by atoms with E-state index in [1.807, 2.05) is 13.2 Å². The maximum Gasteiger partial charge on any atom is 0.293 e. The van der Waals surface area contributed by atoms with E-state index in [4.69, 9.17) is 0 Å². The van der Waals surface area contributed by atoms with Crippen LogP contribution >= 0.6 is 11.8 Å². The quantitative estimate of drug-likeness (QED) is 0.596. The molecule has 110 valence electrons. The minimum absolute atomic E-state index is 0.0997. The van der Waals surface area contributed by atoms with Gasteiger partial charge in [0.1, 0.15) is 5.69 Å². The molecule has 0 aliphatic heterocycles. The third-order valence-electron chi connectivity index (χ3n) is 2.79. The first-order valence-corrected chi connectivity index (χ1v) is 7.62. The third kappa shape index (κ3) is 4.41. The molecule has 1 atom stereocenters. The lowest BCUT2D eigenvalue weighted by molar-refractivity contribution is -0.384. The number of nitrogens with one attached hydrogen (secondary N) is 2. The lowest BCUT2D eigenvalue weighted by Crippen LogP contribution is -2.29. The van der Waals surface area contributed by atoms with Crippen LogP contribution in [0.25, 0.3) is 0 Å². The van der Waals surface area contributed by atoms with Crippen molar-refractivity contribution in [2.75, 3.05) is 30.9 Å². The van der Waals surface area contributed by atoms with Gasteiger partial charge in [0.25, 0.3) is 11.6 Å². The van der Waals surface area contributed by atoms with Crippen LogP contribution in [0.2, 0.25) is 0 Å². The number of hydrogen-bond acceptors (Lipinski definition) is 5. The fourth-order valence-electron chi connectivity index (χ4n) is 1.75. The van der Waals surface area contributed by atoms with Gasteiger partial charge in [0, 0.05) is 25.2 Å². The summed E-state index contributed by atoms with van der Waals surface area (Å²) in [7, 11) is 1.60. The number of rotatable bonds is 7. The zero-order valence-electron chi connectivity index (χ0n) is 11.8. The van der Waals surface area contributed by atoms with Crippen molar-refractivity contribution >= 4 is 29.0 Å². The Bertz CT molecular complexity index is 494. The summed E-state index contributed by atoms with van der Waals surface area (Å²) in [5.41, 5.74) is 0.590. The predicted octanol–water partition coefficient (Wildman–Crippen LogP) is 2.37. The molecular formula is C13H19N3O3S. The van der Waals surface area contributed by atoms with Gasteiger partial charge in [0.05, 0.1) is 4.92 Å². The Kier molecular flexibility index (Phi) is 6.30. The Morgan fingerprint density at radius 1 is 1.50 bits per heavy atom. The van der Waals surface area contributed by atoms with Crippen molar-refractivity contribution in [3.63, 3.8) is 0 Å². The van der Waals surface area contributed by atoms with Gasteiger partial charge in [-0.3, -0.25) is 14.9 Å². The molecular weight excluding hydrogens is 278 g/mol. The summed E-state index contributed by atoms with van der Waals surface area (Å²) in [5, 5.41) is 16.5.